The summed E-state index contributed by atoms with van der Waals surface area (Å²) < 4.78 is 7.72. The molecule has 7 heteroatoms. The number of piperidine rings is 1. The first kappa shape index (κ1) is 19.5. The maximum absolute atomic E-state index is 11.8. The second-order valence-corrected chi connectivity index (χ2v) is 7.90. The van der Waals surface area contributed by atoms with Gasteiger partial charge in [0.15, 0.2) is 0 Å². The van der Waals surface area contributed by atoms with Crippen molar-refractivity contribution in [2.24, 2.45) is 11.7 Å². The highest BCUT2D eigenvalue weighted by Gasteiger charge is 2.27. The van der Waals surface area contributed by atoms with Crippen molar-refractivity contribution in [3.8, 4) is 17.0 Å². The summed E-state index contributed by atoms with van der Waals surface area (Å²) in [5.74, 6) is 2.19. The molecule has 29 heavy (non-hydrogen) atoms. The van der Waals surface area contributed by atoms with Crippen LogP contribution in [0.15, 0.2) is 36.9 Å². The lowest BCUT2D eigenvalue weighted by atomic mass is 10.0. The fraction of sp³-hybridized carbons (Fsp3) is 0.455. The molecule has 0 radical (unpaired) electrons. The van der Waals surface area contributed by atoms with Gasteiger partial charge in [-0.1, -0.05) is 6.58 Å². The Morgan fingerprint density at radius 1 is 1.21 bits per heavy atom. The summed E-state index contributed by atoms with van der Waals surface area (Å²) in [6.45, 7) is 6.04. The molecule has 1 saturated carbocycles. The van der Waals surface area contributed by atoms with Gasteiger partial charge < -0.3 is 21.1 Å². The number of anilines is 1. The Balaban J connectivity index is 1.51. The highest BCUT2D eigenvalue weighted by molar-refractivity contribution is 5.87. The van der Waals surface area contributed by atoms with E-state index in [2.05, 4.69) is 6.58 Å². The molecule has 2 aliphatic rings. The third-order valence-electron chi connectivity index (χ3n) is 5.86. The lowest BCUT2D eigenvalue weighted by molar-refractivity contribution is -0.127. The highest BCUT2D eigenvalue weighted by atomic mass is 16.5. The summed E-state index contributed by atoms with van der Waals surface area (Å²) in [5.41, 5.74) is 15.1. The molecular weight excluding hydrogens is 366 g/mol. The molecule has 4 rings (SSSR count). The molecule has 4 N–H and O–H groups in total. The maximum Gasteiger partial charge on any atom is 0.245 e. The number of hydrogen-bond donors (Lipinski definition) is 2. The van der Waals surface area contributed by atoms with E-state index in [1.165, 1.54) is 18.9 Å². The fourth-order valence-electron chi connectivity index (χ4n) is 3.86. The standard InChI is InChI=1S/C22H29N5O2/c1-2-20(28)26-11-9-17(10-12-26)27-22(24)19(13-23)21(25-27)16-5-7-18(8-6-16)29-14-15-3-4-15/h2,5-8,15,17H,1,3-4,9-14,23-24H2. The Labute approximate surface area is 171 Å². The first-order valence-electron chi connectivity index (χ1n) is 10.3. The Kier molecular flexibility index (Phi) is 5.58. The van der Waals surface area contributed by atoms with Crippen LogP contribution in [0.2, 0.25) is 0 Å². The van der Waals surface area contributed by atoms with Crippen molar-refractivity contribution in [2.45, 2.75) is 38.3 Å². The van der Waals surface area contributed by atoms with Gasteiger partial charge in [-0.3, -0.25) is 4.79 Å². The molecule has 1 saturated heterocycles. The number of nitrogen functional groups attached to an aromatic ring is 1. The van der Waals surface area contributed by atoms with Crippen LogP contribution in [0, 0.1) is 5.92 Å². The Morgan fingerprint density at radius 3 is 2.48 bits per heavy atom. The molecule has 2 fully saturated rings. The van der Waals surface area contributed by atoms with Gasteiger partial charge in [0.2, 0.25) is 5.91 Å². The van der Waals surface area contributed by atoms with Crippen molar-refractivity contribution in [2.75, 3.05) is 25.4 Å². The second kappa shape index (κ2) is 8.29. The average Bonchev–Trinajstić information content (AvgIpc) is 3.54. The number of likely N-dealkylation sites (tertiary alicyclic amines) is 1. The largest absolute Gasteiger partial charge is 0.493 e. The van der Waals surface area contributed by atoms with Crippen LogP contribution in [0.5, 0.6) is 5.75 Å². The van der Waals surface area contributed by atoms with E-state index >= 15 is 0 Å². The predicted molar refractivity (Wildman–Crippen MR) is 113 cm³/mol. The van der Waals surface area contributed by atoms with Gasteiger partial charge in [0.25, 0.3) is 0 Å². The van der Waals surface area contributed by atoms with E-state index in [0.717, 1.165) is 47.9 Å². The van der Waals surface area contributed by atoms with Gasteiger partial charge in [-0.25, -0.2) is 4.68 Å². The molecule has 7 nitrogen and oxygen atoms in total. The molecular formula is C22H29N5O2. The average molecular weight is 396 g/mol. The van der Waals surface area contributed by atoms with E-state index in [9.17, 15) is 4.79 Å². The summed E-state index contributed by atoms with van der Waals surface area (Å²) in [7, 11) is 0. The predicted octanol–water partition coefficient (Wildman–Crippen LogP) is 2.73. The van der Waals surface area contributed by atoms with E-state index < -0.39 is 0 Å². The van der Waals surface area contributed by atoms with E-state index in [0.29, 0.717) is 25.5 Å². The smallest absolute Gasteiger partial charge is 0.245 e. The lowest BCUT2D eigenvalue weighted by Gasteiger charge is -2.31. The minimum absolute atomic E-state index is 0.0239. The monoisotopic (exact) mass is 395 g/mol. The van der Waals surface area contributed by atoms with Crippen molar-refractivity contribution < 1.29 is 9.53 Å². The minimum atomic E-state index is -0.0239. The lowest BCUT2D eigenvalue weighted by Crippen LogP contribution is -2.38. The van der Waals surface area contributed by atoms with Crippen LogP contribution in [0.3, 0.4) is 0 Å². The van der Waals surface area contributed by atoms with Gasteiger partial charge in [-0.2, -0.15) is 5.10 Å². The minimum Gasteiger partial charge on any atom is -0.493 e. The molecule has 1 aliphatic carbocycles. The van der Waals surface area contributed by atoms with Crippen LogP contribution < -0.4 is 16.2 Å². The molecule has 0 unspecified atom stereocenters. The number of carbonyl (C=O) groups excluding carboxylic acids is 1. The van der Waals surface area contributed by atoms with Crippen molar-refractivity contribution in [1.82, 2.24) is 14.7 Å². The number of hydrogen-bond acceptors (Lipinski definition) is 5. The molecule has 1 aromatic carbocycles. The van der Waals surface area contributed by atoms with Crippen LogP contribution in [0.1, 0.15) is 37.3 Å². The SMILES string of the molecule is C=CC(=O)N1CCC(n2nc(-c3ccc(OCC4CC4)cc3)c(CN)c2N)CC1. The number of amides is 1. The Hall–Kier alpha value is -2.80. The zero-order valence-corrected chi connectivity index (χ0v) is 16.7. The Bertz CT molecular complexity index is 877. The maximum atomic E-state index is 11.8. The van der Waals surface area contributed by atoms with Crippen molar-refractivity contribution >= 4 is 11.7 Å². The van der Waals surface area contributed by atoms with E-state index in [1.54, 1.807) is 0 Å². The summed E-state index contributed by atoms with van der Waals surface area (Å²) in [5, 5.41) is 4.83. The number of rotatable bonds is 7. The highest BCUT2D eigenvalue weighted by Crippen LogP contribution is 2.34. The van der Waals surface area contributed by atoms with Gasteiger partial charge in [-0.15, -0.1) is 0 Å². The van der Waals surface area contributed by atoms with Crippen LogP contribution in [-0.4, -0.2) is 40.3 Å². The fourth-order valence-corrected chi connectivity index (χ4v) is 3.86. The second-order valence-electron chi connectivity index (χ2n) is 7.90. The number of nitrogens with two attached hydrogens (primary N) is 2. The normalized spacial score (nSPS) is 17.3. The molecule has 2 heterocycles. The van der Waals surface area contributed by atoms with Crippen LogP contribution in [0.4, 0.5) is 5.82 Å². The zero-order valence-electron chi connectivity index (χ0n) is 16.7. The number of carbonyl (C=O) groups is 1. The van der Waals surface area contributed by atoms with Crippen molar-refractivity contribution in [1.29, 1.82) is 0 Å². The van der Waals surface area contributed by atoms with E-state index in [1.807, 2.05) is 33.8 Å². The third-order valence-corrected chi connectivity index (χ3v) is 5.86. The van der Waals surface area contributed by atoms with E-state index in [-0.39, 0.29) is 11.9 Å². The van der Waals surface area contributed by atoms with Crippen LogP contribution >= 0.6 is 0 Å². The van der Waals surface area contributed by atoms with E-state index in [4.69, 9.17) is 21.3 Å². The Morgan fingerprint density at radius 2 is 1.90 bits per heavy atom. The molecule has 2 aromatic rings. The number of benzene rings is 1. The quantitative estimate of drug-likeness (QED) is 0.702. The molecule has 0 spiro atoms. The van der Waals surface area contributed by atoms with Gasteiger partial charge in [0.05, 0.1) is 18.3 Å². The molecule has 1 aliphatic heterocycles. The summed E-state index contributed by atoms with van der Waals surface area (Å²) in [6.07, 6.45) is 5.53. The molecule has 1 aromatic heterocycles. The number of aromatic nitrogens is 2. The van der Waals surface area contributed by atoms with Crippen LogP contribution in [0.25, 0.3) is 11.3 Å². The topological polar surface area (TPSA) is 99.4 Å². The van der Waals surface area contributed by atoms with Gasteiger partial charge in [0.1, 0.15) is 11.6 Å². The van der Waals surface area contributed by atoms with Gasteiger partial charge in [-0.05, 0) is 61.9 Å². The summed E-state index contributed by atoms with van der Waals surface area (Å²) in [6, 6.07) is 8.14. The molecule has 1 amide bonds. The first-order valence-corrected chi connectivity index (χ1v) is 10.3. The van der Waals surface area contributed by atoms with Crippen molar-refractivity contribution in [3.63, 3.8) is 0 Å². The first-order chi connectivity index (χ1) is 14.1. The summed E-state index contributed by atoms with van der Waals surface area (Å²) in [4.78, 5) is 13.6. The number of ether oxygens (including phenoxy) is 1. The zero-order chi connectivity index (χ0) is 20.4. The third kappa shape index (κ3) is 4.15. The van der Waals surface area contributed by atoms with Gasteiger partial charge in [0, 0.05) is 30.8 Å². The molecule has 0 bridgehead atoms. The number of nitrogens with zero attached hydrogens (tertiary/aromatic N) is 3. The van der Waals surface area contributed by atoms with Gasteiger partial charge >= 0.3 is 0 Å². The van der Waals surface area contributed by atoms with Crippen LogP contribution in [-0.2, 0) is 11.3 Å². The molecule has 0 atom stereocenters. The van der Waals surface area contributed by atoms with Crippen molar-refractivity contribution in [3.05, 3.63) is 42.5 Å². The summed E-state index contributed by atoms with van der Waals surface area (Å²) >= 11 is 0. The molecule has 154 valence electrons.